The Balaban J connectivity index is 2.45. The van der Waals surface area contributed by atoms with Gasteiger partial charge in [-0.05, 0) is 20.8 Å². The van der Waals surface area contributed by atoms with Gasteiger partial charge in [0, 0.05) is 12.1 Å². The molecule has 1 atom stereocenters. The van der Waals surface area contributed by atoms with Crippen molar-refractivity contribution in [3.05, 3.63) is 22.5 Å². The van der Waals surface area contributed by atoms with E-state index in [0.717, 1.165) is 0 Å². The number of aromatic nitrogens is 2. The fourth-order valence-electron chi connectivity index (χ4n) is 1.25. The molecule has 1 rings (SSSR count). The lowest BCUT2D eigenvalue weighted by Crippen LogP contribution is -2.42. The SMILES string of the molecule is CC(C)(C)NCC(O)Cn1cc([N+](=O)[O-])cn1. The molecule has 7 heteroatoms. The third kappa shape index (κ3) is 4.92. The number of nitrogens with zero attached hydrogens (tertiary/aromatic N) is 3. The minimum atomic E-state index is -0.631. The lowest BCUT2D eigenvalue weighted by Gasteiger charge is -2.22. The quantitative estimate of drug-likeness (QED) is 0.580. The van der Waals surface area contributed by atoms with Crippen molar-refractivity contribution >= 4 is 5.69 Å². The van der Waals surface area contributed by atoms with Crippen LogP contribution in [0.2, 0.25) is 0 Å². The van der Waals surface area contributed by atoms with Gasteiger partial charge in [-0.25, -0.2) is 0 Å². The summed E-state index contributed by atoms with van der Waals surface area (Å²) < 4.78 is 1.37. The van der Waals surface area contributed by atoms with Crippen LogP contribution in [-0.4, -0.2) is 38.0 Å². The van der Waals surface area contributed by atoms with E-state index in [9.17, 15) is 15.2 Å². The molecule has 0 saturated heterocycles. The Kier molecular flexibility index (Phi) is 4.19. The van der Waals surface area contributed by atoms with Gasteiger partial charge in [-0.1, -0.05) is 0 Å². The first-order valence-corrected chi connectivity index (χ1v) is 5.38. The summed E-state index contributed by atoms with van der Waals surface area (Å²) in [4.78, 5) is 9.92. The van der Waals surface area contributed by atoms with E-state index < -0.39 is 11.0 Å². The maximum absolute atomic E-state index is 10.4. The minimum Gasteiger partial charge on any atom is -0.390 e. The van der Waals surface area contributed by atoms with Crippen LogP contribution in [0.25, 0.3) is 0 Å². The van der Waals surface area contributed by atoms with Crippen molar-refractivity contribution in [3.63, 3.8) is 0 Å². The number of nitrogens with one attached hydrogen (secondary N) is 1. The van der Waals surface area contributed by atoms with Crippen LogP contribution in [0.3, 0.4) is 0 Å². The van der Waals surface area contributed by atoms with Crippen LogP contribution in [-0.2, 0) is 6.54 Å². The largest absolute Gasteiger partial charge is 0.390 e. The van der Waals surface area contributed by atoms with E-state index in [-0.39, 0.29) is 17.8 Å². The molecular formula is C10H18N4O3. The zero-order valence-corrected chi connectivity index (χ0v) is 10.3. The molecule has 0 aliphatic rings. The van der Waals surface area contributed by atoms with Crippen LogP contribution >= 0.6 is 0 Å². The van der Waals surface area contributed by atoms with Crippen molar-refractivity contribution in [2.75, 3.05) is 6.54 Å². The second kappa shape index (κ2) is 5.24. The minimum absolute atomic E-state index is 0.0685. The second-order valence-electron chi connectivity index (χ2n) is 4.96. The summed E-state index contributed by atoms with van der Waals surface area (Å²) in [5.41, 5.74) is -0.141. The molecule has 0 radical (unpaired) electrons. The highest BCUT2D eigenvalue weighted by Gasteiger charge is 2.14. The average molecular weight is 242 g/mol. The van der Waals surface area contributed by atoms with Gasteiger partial charge in [0.15, 0.2) is 0 Å². The van der Waals surface area contributed by atoms with Gasteiger partial charge in [0.1, 0.15) is 12.4 Å². The predicted octanol–water partition coefficient (Wildman–Crippen LogP) is 0.540. The molecule has 0 aromatic carbocycles. The van der Waals surface area contributed by atoms with E-state index in [0.29, 0.717) is 6.54 Å². The van der Waals surface area contributed by atoms with Crippen molar-refractivity contribution in [1.82, 2.24) is 15.1 Å². The normalized spacial score (nSPS) is 13.6. The smallest absolute Gasteiger partial charge is 0.306 e. The highest BCUT2D eigenvalue weighted by molar-refractivity contribution is 5.20. The third-order valence-electron chi connectivity index (χ3n) is 2.10. The molecule has 0 amide bonds. The van der Waals surface area contributed by atoms with Gasteiger partial charge in [0.25, 0.3) is 0 Å². The number of aliphatic hydroxyl groups is 1. The molecule has 0 aliphatic carbocycles. The zero-order chi connectivity index (χ0) is 13.1. The first-order valence-electron chi connectivity index (χ1n) is 5.38. The number of aliphatic hydroxyl groups excluding tert-OH is 1. The topological polar surface area (TPSA) is 93.2 Å². The Morgan fingerprint density at radius 3 is 2.76 bits per heavy atom. The Morgan fingerprint density at radius 2 is 2.29 bits per heavy atom. The molecule has 0 bridgehead atoms. The van der Waals surface area contributed by atoms with Gasteiger partial charge in [0.05, 0.1) is 17.6 Å². The molecule has 7 nitrogen and oxygen atoms in total. The summed E-state index contributed by atoms with van der Waals surface area (Å²) in [7, 11) is 0. The van der Waals surface area contributed by atoms with Gasteiger partial charge in [-0.15, -0.1) is 0 Å². The molecule has 0 aliphatic heterocycles. The molecule has 0 saturated carbocycles. The van der Waals surface area contributed by atoms with Crippen molar-refractivity contribution in [2.45, 2.75) is 39.0 Å². The maximum atomic E-state index is 10.4. The molecule has 96 valence electrons. The zero-order valence-electron chi connectivity index (χ0n) is 10.3. The van der Waals surface area contributed by atoms with Crippen LogP contribution in [0, 0.1) is 10.1 Å². The molecule has 1 heterocycles. The predicted molar refractivity (Wildman–Crippen MR) is 62.6 cm³/mol. The van der Waals surface area contributed by atoms with Gasteiger partial charge in [-0.2, -0.15) is 5.10 Å². The van der Waals surface area contributed by atoms with Crippen molar-refractivity contribution < 1.29 is 10.0 Å². The highest BCUT2D eigenvalue weighted by atomic mass is 16.6. The van der Waals surface area contributed by atoms with Crippen molar-refractivity contribution in [2.24, 2.45) is 0 Å². The Hall–Kier alpha value is -1.47. The average Bonchev–Trinajstić information content (AvgIpc) is 2.62. The molecule has 1 unspecified atom stereocenters. The van der Waals surface area contributed by atoms with Gasteiger partial charge in [-0.3, -0.25) is 14.8 Å². The Labute approximate surface area is 99.6 Å². The lowest BCUT2D eigenvalue weighted by molar-refractivity contribution is -0.385. The number of nitro groups is 1. The molecule has 2 N–H and O–H groups in total. The van der Waals surface area contributed by atoms with E-state index >= 15 is 0 Å². The summed E-state index contributed by atoms with van der Waals surface area (Å²) in [6, 6.07) is 0. The monoisotopic (exact) mass is 242 g/mol. The summed E-state index contributed by atoms with van der Waals surface area (Å²) in [5.74, 6) is 0. The third-order valence-corrected chi connectivity index (χ3v) is 2.10. The molecule has 1 aromatic rings. The standard InChI is InChI=1S/C10H18N4O3/c1-10(2,3)11-5-9(15)7-13-6-8(4-12-13)14(16)17/h4,6,9,11,15H,5,7H2,1-3H3. The van der Waals surface area contributed by atoms with Crippen LogP contribution in [0.1, 0.15) is 20.8 Å². The lowest BCUT2D eigenvalue weighted by atomic mass is 10.1. The molecule has 1 aromatic heterocycles. The summed E-state index contributed by atoms with van der Waals surface area (Å²) >= 11 is 0. The fourth-order valence-corrected chi connectivity index (χ4v) is 1.25. The summed E-state index contributed by atoms with van der Waals surface area (Å²) in [6.45, 7) is 6.64. The van der Waals surface area contributed by atoms with Crippen LogP contribution in [0.15, 0.2) is 12.4 Å². The highest BCUT2D eigenvalue weighted by Crippen LogP contribution is 2.08. The molecular weight excluding hydrogens is 224 g/mol. The molecule has 17 heavy (non-hydrogen) atoms. The first kappa shape index (κ1) is 13.6. The van der Waals surface area contributed by atoms with Crippen LogP contribution in [0.5, 0.6) is 0 Å². The van der Waals surface area contributed by atoms with E-state index in [1.165, 1.54) is 17.1 Å². The number of hydrogen-bond acceptors (Lipinski definition) is 5. The Bertz CT molecular complexity index is 383. The number of rotatable bonds is 5. The van der Waals surface area contributed by atoms with E-state index in [2.05, 4.69) is 10.4 Å². The van der Waals surface area contributed by atoms with Gasteiger partial charge >= 0.3 is 5.69 Å². The van der Waals surface area contributed by atoms with E-state index in [4.69, 9.17) is 0 Å². The summed E-state index contributed by atoms with van der Waals surface area (Å²) in [5, 5.41) is 27.1. The van der Waals surface area contributed by atoms with Crippen LogP contribution < -0.4 is 5.32 Å². The fraction of sp³-hybridized carbons (Fsp3) is 0.700. The maximum Gasteiger partial charge on any atom is 0.306 e. The van der Waals surface area contributed by atoms with Crippen molar-refractivity contribution in [3.8, 4) is 0 Å². The van der Waals surface area contributed by atoms with Crippen molar-refractivity contribution in [1.29, 1.82) is 0 Å². The van der Waals surface area contributed by atoms with E-state index in [1.807, 2.05) is 20.8 Å². The molecule has 0 spiro atoms. The Morgan fingerprint density at radius 1 is 1.65 bits per heavy atom. The second-order valence-corrected chi connectivity index (χ2v) is 4.96. The summed E-state index contributed by atoms with van der Waals surface area (Å²) in [6.07, 6.45) is 1.85. The van der Waals surface area contributed by atoms with Gasteiger partial charge < -0.3 is 10.4 Å². The van der Waals surface area contributed by atoms with E-state index in [1.54, 1.807) is 0 Å². The number of β-amino-alcohol motifs (C(OH)–C–C–N with tert-alkyl or cyclic N) is 1. The number of hydrogen-bond donors (Lipinski definition) is 2. The first-order chi connectivity index (χ1) is 7.78. The molecule has 0 fully saturated rings. The van der Waals surface area contributed by atoms with Crippen LogP contribution in [0.4, 0.5) is 5.69 Å². The van der Waals surface area contributed by atoms with Gasteiger partial charge in [0.2, 0.25) is 0 Å².